The number of carboxylic acids is 1. The topological polar surface area (TPSA) is 136 Å². The molecule has 0 spiro atoms. The number of anilines is 1. The predicted octanol–water partition coefficient (Wildman–Crippen LogP) is 1.53. The molecule has 0 unspecified atom stereocenters. The second-order valence-electron chi connectivity index (χ2n) is 3.55. The van der Waals surface area contributed by atoms with E-state index in [4.69, 9.17) is 9.52 Å². The average Bonchev–Trinajstić information content (AvgIpc) is 2.89. The maximum atomic E-state index is 11.8. The molecule has 0 aliphatic heterocycles. The molecule has 102 valence electrons. The van der Waals surface area contributed by atoms with E-state index in [9.17, 15) is 19.7 Å². The van der Waals surface area contributed by atoms with Crippen molar-refractivity contribution in [1.29, 1.82) is 0 Å². The van der Waals surface area contributed by atoms with Gasteiger partial charge in [-0.1, -0.05) is 0 Å². The van der Waals surface area contributed by atoms with E-state index < -0.39 is 22.7 Å². The Labute approximate surface area is 111 Å². The van der Waals surface area contributed by atoms with E-state index in [0.717, 1.165) is 12.1 Å². The number of aromatic nitrogens is 1. The number of carbonyl (C=O) groups excluding carboxylic acids is 1. The second-order valence-corrected chi connectivity index (χ2v) is 3.55. The van der Waals surface area contributed by atoms with Gasteiger partial charge in [-0.15, -0.1) is 0 Å². The zero-order valence-electron chi connectivity index (χ0n) is 9.77. The van der Waals surface area contributed by atoms with Crippen LogP contribution < -0.4 is 5.32 Å². The van der Waals surface area contributed by atoms with Crippen LogP contribution in [0.2, 0.25) is 0 Å². The van der Waals surface area contributed by atoms with Crippen molar-refractivity contribution in [2.75, 3.05) is 5.32 Å². The number of hydrogen-bond donors (Lipinski definition) is 2. The Morgan fingerprint density at radius 1 is 1.35 bits per heavy atom. The van der Waals surface area contributed by atoms with E-state index in [2.05, 4.69) is 10.3 Å². The van der Waals surface area contributed by atoms with Gasteiger partial charge in [0.1, 0.15) is 4.92 Å². The van der Waals surface area contributed by atoms with E-state index in [1.54, 1.807) is 0 Å². The highest BCUT2D eigenvalue weighted by molar-refractivity contribution is 6.05. The molecule has 9 heteroatoms. The number of rotatable bonds is 4. The summed E-state index contributed by atoms with van der Waals surface area (Å²) in [5, 5.41) is 21.6. The Morgan fingerprint density at radius 2 is 2.10 bits per heavy atom. The molecule has 0 saturated heterocycles. The molecule has 9 nitrogen and oxygen atoms in total. The summed E-state index contributed by atoms with van der Waals surface area (Å²) in [5.74, 6) is -3.02. The number of furan rings is 1. The standard InChI is InChI=1S/C11H7N3O6/c15-10(7-3-4-8(20-7)14(18)19)13-6-2-1-5-12-9(6)11(16)17/h1-5H,(H,13,15)(H,16,17). The number of carboxylic acid groups (broad SMARTS) is 1. The Balaban J connectivity index is 2.23. The fourth-order valence-corrected chi connectivity index (χ4v) is 1.41. The molecule has 2 heterocycles. The summed E-state index contributed by atoms with van der Waals surface area (Å²) >= 11 is 0. The fraction of sp³-hybridized carbons (Fsp3) is 0. The maximum Gasteiger partial charge on any atom is 0.433 e. The first-order valence-electron chi connectivity index (χ1n) is 5.23. The third-order valence-electron chi connectivity index (χ3n) is 2.25. The second kappa shape index (κ2) is 5.18. The molecular weight excluding hydrogens is 270 g/mol. The number of pyridine rings is 1. The molecule has 1 amide bonds. The molecule has 2 aromatic heterocycles. The van der Waals surface area contributed by atoms with E-state index in [0.29, 0.717) is 0 Å². The summed E-state index contributed by atoms with van der Waals surface area (Å²) in [7, 11) is 0. The lowest BCUT2D eigenvalue weighted by molar-refractivity contribution is -0.402. The van der Waals surface area contributed by atoms with Crippen LogP contribution in [0.1, 0.15) is 21.0 Å². The quantitative estimate of drug-likeness (QED) is 0.638. The number of nitrogens with zero attached hydrogens (tertiary/aromatic N) is 2. The van der Waals surface area contributed by atoms with E-state index >= 15 is 0 Å². The molecule has 0 atom stereocenters. The van der Waals surface area contributed by atoms with Crippen LogP contribution in [0.3, 0.4) is 0 Å². The van der Waals surface area contributed by atoms with Crippen molar-refractivity contribution in [3.05, 3.63) is 52.0 Å². The van der Waals surface area contributed by atoms with Gasteiger partial charge in [-0.3, -0.25) is 14.9 Å². The number of nitro groups is 1. The van der Waals surface area contributed by atoms with Crippen LogP contribution in [0.4, 0.5) is 11.6 Å². The number of hydrogen-bond acceptors (Lipinski definition) is 6. The highest BCUT2D eigenvalue weighted by atomic mass is 16.6. The van der Waals surface area contributed by atoms with Gasteiger partial charge in [-0.2, -0.15) is 0 Å². The van der Waals surface area contributed by atoms with Crippen LogP contribution in [0.25, 0.3) is 0 Å². The smallest absolute Gasteiger partial charge is 0.433 e. The first-order chi connectivity index (χ1) is 9.49. The molecule has 0 fully saturated rings. The molecule has 0 radical (unpaired) electrons. The van der Waals surface area contributed by atoms with Crippen LogP contribution in [0.15, 0.2) is 34.9 Å². The maximum absolute atomic E-state index is 11.8. The molecule has 0 saturated carbocycles. The molecule has 20 heavy (non-hydrogen) atoms. The summed E-state index contributed by atoms with van der Waals surface area (Å²) in [4.78, 5) is 35.9. The fourth-order valence-electron chi connectivity index (χ4n) is 1.41. The Kier molecular flexibility index (Phi) is 3.42. The largest absolute Gasteiger partial charge is 0.476 e. The summed E-state index contributed by atoms with van der Waals surface area (Å²) in [6.07, 6.45) is 1.26. The highest BCUT2D eigenvalue weighted by Crippen LogP contribution is 2.18. The van der Waals surface area contributed by atoms with Gasteiger partial charge in [0, 0.05) is 6.20 Å². The van der Waals surface area contributed by atoms with Crippen molar-refractivity contribution in [2.45, 2.75) is 0 Å². The van der Waals surface area contributed by atoms with Gasteiger partial charge < -0.3 is 14.8 Å². The predicted molar refractivity (Wildman–Crippen MR) is 64.5 cm³/mol. The van der Waals surface area contributed by atoms with Crippen LogP contribution in [0, 0.1) is 10.1 Å². The molecule has 0 bridgehead atoms. The van der Waals surface area contributed by atoms with Crippen LogP contribution in [-0.4, -0.2) is 26.9 Å². The van der Waals surface area contributed by atoms with Gasteiger partial charge in [0.2, 0.25) is 0 Å². The molecule has 0 aliphatic rings. The van der Waals surface area contributed by atoms with Crippen molar-refractivity contribution < 1.29 is 24.0 Å². The molecule has 2 N–H and O–H groups in total. The minimum atomic E-state index is -1.31. The minimum absolute atomic E-state index is 0.0379. The Bertz CT molecular complexity index is 693. The first kappa shape index (κ1) is 13.2. The zero-order chi connectivity index (χ0) is 14.7. The summed E-state index contributed by atoms with van der Waals surface area (Å²) in [6.45, 7) is 0. The average molecular weight is 277 g/mol. The number of carbonyl (C=O) groups is 2. The van der Waals surface area contributed by atoms with Crippen molar-refractivity contribution in [1.82, 2.24) is 4.98 Å². The highest BCUT2D eigenvalue weighted by Gasteiger charge is 2.19. The van der Waals surface area contributed by atoms with E-state index in [1.807, 2.05) is 0 Å². The lowest BCUT2D eigenvalue weighted by Crippen LogP contribution is -2.15. The summed E-state index contributed by atoms with van der Waals surface area (Å²) < 4.78 is 4.70. The van der Waals surface area contributed by atoms with Crippen LogP contribution in [0.5, 0.6) is 0 Å². The monoisotopic (exact) mass is 277 g/mol. The SMILES string of the molecule is O=C(Nc1cccnc1C(=O)O)c1ccc([N+](=O)[O-])o1. The molecule has 2 rings (SSSR count). The first-order valence-corrected chi connectivity index (χ1v) is 5.23. The summed E-state index contributed by atoms with van der Waals surface area (Å²) in [6, 6.07) is 4.92. The Hall–Kier alpha value is -3.23. The molecule has 0 aliphatic carbocycles. The third kappa shape index (κ3) is 2.61. The van der Waals surface area contributed by atoms with Gasteiger partial charge in [0.15, 0.2) is 11.5 Å². The summed E-state index contributed by atoms with van der Waals surface area (Å²) in [5.41, 5.74) is -0.383. The van der Waals surface area contributed by atoms with Crippen LogP contribution in [-0.2, 0) is 0 Å². The van der Waals surface area contributed by atoms with Crippen molar-refractivity contribution in [2.24, 2.45) is 0 Å². The van der Waals surface area contributed by atoms with Crippen LogP contribution >= 0.6 is 0 Å². The van der Waals surface area contributed by atoms with E-state index in [-0.39, 0.29) is 17.1 Å². The normalized spacial score (nSPS) is 10.0. The van der Waals surface area contributed by atoms with Gasteiger partial charge in [-0.25, -0.2) is 9.78 Å². The number of aromatic carboxylic acids is 1. The van der Waals surface area contributed by atoms with Gasteiger partial charge in [0.05, 0.1) is 11.8 Å². The lowest BCUT2D eigenvalue weighted by atomic mass is 10.3. The van der Waals surface area contributed by atoms with Gasteiger partial charge in [-0.05, 0) is 18.2 Å². The van der Waals surface area contributed by atoms with E-state index in [1.165, 1.54) is 18.3 Å². The molecule has 2 aromatic rings. The molecule has 0 aromatic carbocycles. The number of nitrogens with one attached hydrogen (secondary N) is 1. The van der Waals surface area contributed by atoms with Crippen molar-refractivity contribution in [3.63, 3.8) is 0 Å². The molecular formula is C11H7N3O6. The van der Waals surface area contributed by atoms with Gasteiger partial charge >= 0.3 is 11.9 Å². The van der Waals surface area contributed by atoms with Crippen molar-refractivity contribution in [3.8, 4) is 0 Å². The lowest BCUT2D eigenvalue weighted by Gasteiger charge is -2.05. The minimum Gasteiger partial charge on any atom is -0.476 e. The third-order valence-corrected chi connectivity index (χ3v) is 2.25. The zero-order valence-corrected chi connectivity index (χ0v) is 9.77. The number of amides is 1. The van der Waals surface area contributed by atoms with Gasteiger partial charge in [0.25, 0.3) is 5.91 Å². The Morgan fingerprint density at radius 3 is 2.70 bits per heavy atom. The van der Waals surface area contributed by atoms with Crippen molar-refractivity contribution >= 4 is 23.4 Å².